The lowest BCUT2D eigenvalue weighted by Crippen LogP contribution is -2.45. The highest BCUT2D eigenvalue weighted by Crippen LogP contribution is 2.45. The van der Waals surface area contributed by atoms with Gasteiger partial charge in [-0.2, -0.15) is 0 Å². The van der Waals surface area contributed by atoms with Crippen LogP contribution in [0.1, 0.15) is 24.9 Å². The molecule has 0 spiro atoms. The number of rotatable bonds is 4. The summed E-state index contributed by atoms with van der Waals surface area (Å²) in [5.74, 6) is 0.245. The highest BCUT2D eigenvalue weighted by Gasteiger charge is 2.27. The van der Waals surface area contributed by atoms with Crippen LogP contribution in [-0.4, -0.2) is 36.2 Å². The van der Waals surface area contributed by atoms with E-state index >= 15 is 0 Å². The second-order valence-electron chi connectivity index (χ2n) is 5.38. The smallest absolute Gasteiger partial charge is 0.144 e. The van der Waals surface area contributed by atoms with E-state index in [0.717, 1.165) is 52.7 Å². The van der Waals surface area contributed by atoms with Crippen molar-refractivity contribution in [3.05, 3.63) is 37.2 Å². The Hall–Kier alpha value is 0.700. The molecule has 132 valence electrons. The Bertz CT molecular complexity index is 552. The van der Waals surface area contributed by atoms with Crippen LogP contribution in [0.15, 0.2) is 31.6 Å². The topological polar surface area (TPSA) is 35.5 Å². The quantitative estimate of drug-likeness (QED) is 0.486. The van der Waals surface area contributed by atoms with Crippen LogP contribution in [0.5, 0.6) is 5.75 Å². The lowest BCUT2D eigenvalue weighted by atomic mass is 9.97. The van der Waals surface area contributed by atoms with Gasteiger partial charge in [0.05, 0.1) is 8.95 Å². The van der Waals surface area contributed by atoms with Gasteiger partial charge >= 0.3 is 0 Å². The van der Waals surface area contributed by atoms with Crippen LogP contribution in [-0.2, 0) is 0 Å². The van der Waals surface area contributed by atoms with Gasteiger partial charge in [-0.25, -0.2) is 0 Å². The van der Waals surface area contributed by atoms with E-state index in [1.807, 2.05) is 6.07 Å². The van der Waals surface area contributed by atoms with Crippen LogP contribution in [0.2, 0.25) is 0 Å². The minimum absolute atomic E-state index is 0. The van der Waals surface area contributed by atoms with E-state index < -0.39 is 0 Å². The molecule has 0 aromatic heterocycles. The van der Waals surface area contributed by atoms with Crippen LogP contribution in [0.25, 0.3) is 0 Å². The highest BCUT2D eigenvalue weighted by molar-refractivity contribution is 9.11. The maximum absolute atomic E-state index is 10.2. The number of halogens is 5. The number of phenolic OH excluding ortho intramolecular Hbond substituents is 1. The molecule has 2 N–H and O–H groups in total. The average Bonchev–Trinajstić information content (AvgIpc) is 2.44. The summed E-state index contributed by atoms with van der Waals surface area (Å²) in [6, 6.07) is 2.11. The van der Waals surface area contributed by atoms with E-state index in [1.54, 1.807) is 0 Å². The van der Waals surface area contributed by atoms with E-state index in [2.05, 4.69) is 71.5 Å². The second-order valence-corrected chi connectivity index (χ2v) is 7.88. The Kier molecular flexibility index (Phi) is 11.0. The van der Waals surface area contributed by atoms with Crippen LogP contribution in [0.3, 0.4) is 0 Å². The number of aromatic hydroxyl groups is 1. The number of piperazine rings is 1. The number of hydrogen-bond acceptors (Lipinski definition) is 3. The molecule has 0 saturated carbocycles. The summed E-state index contributed by atoms with van der Waals surface area (Å²) in [4.78, 5) is 2.45. The predicted octanol–water partition coefficient (Wildman–Crippen LogP) is 5.44. The van der Waals surface area contributed by atoms with E-state index in [1.165, 1.54) is 0 Å². The summed E-state index contributed by atoms with van der Waals surface area (Å²) < 4.78 is 2.41. The van der Waals surface area contributed by atoms with Crippen molar-refractivity contribution in [2.75, 3.05) is 26.2 Å². The molecule has 1 heterocycles. The second kappa shape index (κ2) is 10.6. The molecule has 1 aliphatic heterocycles. The molecular formula is C15H21Br3Cl2N2O. The zero-order chi connectivity index (χ0) is 15.6. The summed E-state index contributed by atoms with van der Waals surface area (Å²) in [6.45, 7) is 10.1. The lowest BCUT2D eigenvalue weighted by molar-refractivity contribution is 0.171. The molecule has 1 aromatic carbocycles. The fourth-order valence-corrected chi connectivity index (χ4v) is 5.29. The third-order valence-corrected chi connectivity index (χ3v) is 5.71. The summed E-state index contributed by atoms with van der Waals surface area (Å²) >= 11 is 10.6. The fraction of sp³-hybridized carbons (Fsp3) is 0.467. The van der Waals surface area contributed by atoms with Crippen molar-refractivity contribution >= 4 is 72.6 Å². The van der Waals surface area contributed by atoms with Gasteiger partial charge in [-0.05, 0) is 51.3 Å². The molecule has 0 aliphatic carbocycles. The van der Waals surface area contributed by atoms with Crippen molar-refractivity contribution in [3.8, 4) is 5.75 Å². The molecule has 1 fully saturated rings. The predicted molar refractivity (Wildman–Crippen MR) is 112 cm³/mol. The molecule has 8 heteroatoms. The van der Waals surface area contributed by atoms with Gasteiger partial charge in [-0.3, -0.25) is 4.90 Å². The Labute approximate surface area is 175 Å². The molecule has 1 aliphatic rings. The molecule has 2 rings (SSSR count). The summed E-state index contributed by atoms with van der Waals surface area (Å²) in [6.07, 6.45) is 0.873. The Morgan fingerprint density at radius 2 is 1.83 bits per heavy atom. The summed E-state index contributed by atoms with van der Waals surface area (Å²) in [5.41, 5.74) is 2.22. The van der Waals surface area contributed by atoms with E-state index in [0.29, 0.717) is 4.47 Å². The SMILES string of the molecule is C=C(C)C[C@@H](c1c(Br)cc(Br)c(O)c1Br)N1CCNCC1.Cl.Cl. The monoisotopic (exact) mass is 552 g/mol. The highest BCUT2D eigenvalue weighted by atomic mass is 79.9. The van der Waals surface area contributed by atoms with Crippen LogP contribution < -0.4 is 5.32 Å². The van der Waals surface area contributed by atoms with Gasteiger partial charge in [0.15, 0.2) is 0 Å². The van der Waals surface area contributed by atoms with Crippen molar-refractivity contribution in [3.63, 3.8) is 0 Å². The Morgan fingerprint density at radius 1 is 1.26 bits per heavy atom. The first-order valence-corrected chi connectivity index (χ1v) is 9.25. The molecule has 0 amide bonds. The third kappa shape index (κ3) is 5.87. The van der Waals surface area contributed by atoms with Crippen molar-refractivity contribution in [1.29, 1.82) is 0 Å². The van der Waals surface area contributed by atoms with Crippen molar-refractivity contribution in [1.82, 2.24) is 10.2 Å². The van der Waals surface area contributed by atoms with Gasteiger partial charge in [0, 0.05) is 42.3 Å². The molecular weight excluding hydrogens is 535 g/mol. The van der Waals surface area contributed by atoms with Gasteiger partial charge in [-0.15, -0.1) is 31.4 Å². The molecule has 0 unspecified atom stereocenters. The number of hydrogen-bond donors (Lipinski definition) is 2. The van der Waals surface area contributed by atoms with E-state index in [-0.39, 0.29) is 36.6 Å². The van der Waals surface area contributed by atoms with Gasteiger partial charge in [0.1, 0.15) is 5.75 Å². The molecule has 1 atom stereocenters. The minimum Gasteiger partial charge on any atom is -0.506 e. The molecule has 3 nitrogen and oxygen atoms in total. The minimum atomic E-state index is 0. The maximum atomic E-state index is 10.2. The van der Waals surface area contributed by atoms with Crippen LogP contribution >= 0.6 is 72.6 Å². The Balaban J connectivity index is 0.00000242. The molecule has 23 heavy (non-hydrogen) atoms. The van der Waals surface area contributed by atoms with Crippen molar-refractivity contribution in [2.45, 2.75) is 19.4 Å². The fourth-order valence-electron chi connectivity index (χ4n) is 2.64. The third-order valence-electron chi connectivity index (χ3n) is 3.65. The standard InChI is InChI=1S/C15H19Br3N2O.2ClH/c1-9(2)7-12(20-5-3-19-4-6-20)13-10(16)8-11(17)15(21)14(13)18;;/h8,12,19,21H,1,3-7H2,2H3;2*1H/t12-;;/m0../s1. The van der Waals surface area contributed by atoms with Crippen molar-refractivity contribution < 1.29 is 5.11 Å². The van der Waals surface area contributed by atoms with E-state index in [4.69, 9.17) is 0 Å². The zero-order valence-electron chi connectivity index (χ0n) is 12.7. The zero-order valence-corrected chi connectivity index (χ0v) is 19.1. The summed E-state index contributed by atoms with van der Waals surface area (Å²) in [5, 5.41) is 13.6. The first kappa shape index (κ1) is 23.7. The van der Waals surface area contributed by atoms with Crippen LogP contribution in [0.4, 0.5) is 0 Å². The Morgan fingerprint density at radius 3 is 2.35 bits per heavy atom. The largest absolute Gasteiger partial charge is 0.506 e. The molecule has 1 saturated heterocycles. The van der Waals surface area contributed by atoms with Crippen molar-refractivity contribution in [2.24, 2.45) is 0 Å². The number of phenols is 1. The van der Waals surface area contributed by atoms with Gasteiger partial charge < -0.3 is 10.4 Å². The number of nitrogens with zero attached hydrogens (tertiary/aromatic N) is 1. The van der Waals surface area contributed by atoms with E-state index in [9.17, 15) is 5.11 Å². The number of nitrogens with one attached hydrogen (secondary N) is 1. The summed E-state index contributed by atoms with van der Waals surface area (Å²) in [7, 11) is 0. The van der Waals surface area contributed by atoms with Gasteiger partial charge in [-0.1, -0.05) is 21.5 Å². The van der Waals surface area contributed by atoms with Gasteiger partial charge in [0.2, 0.25) is 0 Å². The van der Waals surface area contributed by atoms with Crippen LogP contribution in [0, 0.1) is 0 Å². The number of benzene rings is 1. The molecule has 0 bridgehead atoms. The first-order chi connectivity index (χ1) is 9.91. The average molecular weight is 556 g/mol. The maximum Gasteiger partial charge on any atom is 0.144 e. The lowest BCUT2D eigenvalue weighted by Gasteiger charge is -2.36. The molecule has 0 radical (unpaired) electrons. The molecule has 1 aromatic rings. The normalized spacial score (nSPS) is 16.2. The first-order valence-electron chi connectivity index (χ1n) is 6.87. The van der Waals surface area contributed by atoms with Gasteiger partial charge in [0.25, 0.3) is 0 Å².